The van der Waals surface area contributed by atoms with Gasteiger partial charge in [0.15, 0.2) is 5.82 Å². The summed E-state index contributed by atoms with van der Waals surface area (Å²) in [6.45, 7) is 2.05. The fourth-order valence-corrected chi connectivity index (χ4v) is 3.05. The Bertz CT molecular complexity index is 736. The highest BCUT2D eigenvalue weighted by Crippen LogP contribution is 2.30. The number of anilines is 1. The molecule has 0 saturated carbocycles. The molecule has 0 fully saturated rings. The Kier molecular flexibility index (Phi) is 2.80. The molecule has 0 spiro atoms. The van der Waals surface area contributed by atoms with E-state index >= 15 is 0 Å². The lowest BCUT2D eigenvalue weighted by molar-refractivity contribution is 1.24. The van der Waals surface area contributed by atoms with Crippen LogP contribution in [0.1, 0.15) is 5.56 Å². The average molecular weight is 320 g/mol. The topological polar surface area (TPSA) is 51.8 Å². The molecule has 3 nitrogen and oxygen atoms in total. The van der Waals surface area contributed by atoms with Gasteiger partial charge in [0, 0.05) is 9.86 Å². The van der Waals surface area contributed by atoms with Crippen molar-refractivity contribution in [2.24, 2.45) is 0 Å². The maximum atomic E-state index is 6.01. The van der Waals surface area contributed by atoms with Crippen molar-refractivity contribution in [3.63, 3.8) is 0 Å². The first-order valence-electron chi connectivity index (χ1n) is 5.42. The van der Waals surface area contributed by atoms with Crippen LogP contribution in [0.4, 0.5) is 5.82 Å². The third kappa shape index (κ3) is 1.89. The standard InChI is InChI=1S/C13H10BrN3S/c1-7-4-5-18-11(7)13-16-10-3-2-8(14)6-9(10)12(15)17-13/h2-6H,1H3,(H2,15,16,17). The molecule has 0 amide bonds. The van der Waals surface area contributed by atoms with Gasteiger partial charge in [0.05, 0.1) is 10.4 Å². The zero-order chi connectivity index (χ0) is 12.7. The van der Waals surface area contributed by atoms with Gasteiger partial charge < -0.3 is 5.73 Å². The molecule has 3 aromatic rings. The van der Waals surface area contributed by atoms with Gasteiger partial charge in [0.1, 0.15) is 5.82 Å². The largest absolute Gasteiger partial charge is 0.383 e. The Morgan fingerprint density at radius 3 is 2.78 bits per heavy atom. The van der Waals surface area contributed by atoms with Crippen molar-refractivity contribution < 1.29 is 0 Å². The maximum absolute atomic E-state index is 6.01. The molecule has 3 rings (SSSR count). The first-order valence-corrected chi connectivity index (χ1v) is 7.09. The predicted molar refractivity (Wildman–Crippen MR) is 79.7 cm³/mol. The summed E-state index contributed by atoms with van der Waals surface area (Å²) in [6.07, 6.45) is 0. The lowest BCUT2D eigenvalue weighted by atomic mass is 10.2. The van der Waals surface area contributed by atoms with Crippen molar-refractivity contribution in [1.82, 2.24) is 9.97 Å². The summed E-state index contributed by atoms with van der Waals surface area (Å²) in [5.41, 5.74) is 8.06. The van der Waals surface area contributed by atoms with E-state index in [4.69, 9.17) is 5.73 Å². The SMILES string of the molecule is Cc1ccsc1-c1nc(N)c2cc(Br)ccc2n1. The number of benzene rings is 1. The molecule has 0 aliphatic carbocycles. The highest BCUT2D eigenvalue weighted by atomic mass is 79.9. The zero-order valence-corrected chi connectivity index (χ0v) is 12.0. The molecule has 2 aromatic heterocycles. The molecule has 0 bridgehead atoms. The number of aryl methyl sites for hydroxylation is 1. The first-order chi connectivity index (χ1) is 8.65. The van der Waals surface area contributed by atoms with E-state index in [-0.39, 0.29) is 0 Å². The Hall–Kier alpha value is -1.46. The van der Waals surface area contributed by atoms with E-state index in [9.17, 15) is 0 Å². The lowest BCUT2D eigenvalue weighted by Crippen LogP contribution is -1.97. The van der Waals surface area contributed by atoms with Crippen LogP contribution in [-0.4, -0.2) is 9.97 Å². The predicted octanol–water partition coefficient (Wildman–Crippen LogP) is 4.01. The Balaban J connectivity index is 2.28. The van der Waals surface area contributed by atoms with Crippen molar-refractivity contribution in [2.45, 2.75) is 6.92 Å². The van der Waals surface area contributed by atoms with Gasteiger partial charge in [-0.3, -0.25) is 0 Å². The van der Waals surface area contributed by atoms with Crippen LogP contribution in [0.15, 0.2) is 34.1 Å². The minimum atomic E-state index is 0.518. The first kappa shape index (κ1) is 11.6. The van der Waals surface area contributed by atoms with Crippen molar-refractivity contribution in [2.75, 3.05) is 5.73 Å². The Morgan fingerprint density at radius 2 is 2.06 bits per heavy atom. The summed E-state index contributed by atoms with van der Waals surface area (Å²) in [5, 5.41) is 2.91. The summed E-state index contributed by atoms with van der Waals surface area (Å²) in [6, 6.07) is 7.91. The number of nitrogens with two attached hydrogens (primary N) is 1. The number of hydrogen-bond acceptors (Lipinski definition) is 4. The number of halogens is 1. The highest BCUT2D eigenvalue weighted by molar-refractivity contribution is 9.10. The molecular weight excluding hydrogens is 310 g/mol. The van der Waals surface area contributed by atoms with E-state index in [0.29, 0.717) is 11.6 Å². The van der Waals surface area contributed by atoms with Crippen LogP contribution in [-0.2, 0) is 0 Å². The highest BCUT2D eigenvalue weighted by Gasteiger charge is 2.10. The molecule has 90 valence electrons. The minimum Gasteiger partial charge on any atom is -0.383 e. The van der Waals surface area contributed by atoms with Gasteiger partial charge in [-0.25, -0.2) is 9.97 Å². The van der Waals surface area contributed by atoms with E-state index in [0.717, 1.165) is 20.3 Å². The van der Waals surface area contributed by atoms with E-state index in [1.807, 2.05) is 23.6 Å². The van der Waals surface area contributed by atoms with Gasteiger partial charge >= 0.3 is 0 Å². The summed E-state index contributed by atoms with van der Waals surface area (Å²) in [5.74, 6) is 1.22. The van der Waals surface area contributed by atoms with Gasteiger partial charge in [-0.1, -0.05) is 15.9 Å². The molecule has 5 heteroatoms. The van der Waals surface area contributed by atoms with Crippen LogP contribution >= 0.6 is 27.3 Å². The summed E-state index contributed by atoms with van der Waals surface area (Å²) in [7, 11) is 0. The smallest absolute Gasteiger partial charge is 0.172 e. The van der Waals surface area contributed by atoms with E-state index in [1.54, 1.807) is 11.3 Å². The third-order valence-electron chi connectivity index (χ3n) is 2.75. The van der Waals surface area contributed by atoms with Crippen molar-refractivity contribution >= 4 is 44.0 Å². The number of fused-ring (bicyclic) bond motifs is 1. The quantitative estimate of drug-likeness (QED) is 0.737. The summed E-state index contributed by atoms with van der Waals surface area (Å²) >= 11 is 5.06. The molecular formula is C13H10BrN3S. The number of rotatable bonds is 1. The molecule has 0 saturated heterocycles. The fourth-order valence-electron chi connectivity index (χ4n) is 1.83. The van der Waals surface area contributed by atoms with Crippen molar-refractivity contribution in [3.05, 3.63) is 39.7 Å². The van der Waals surface area contributed by atoms with Crippen LogP contribution in [0.3, 0.4) is 0 Å². The van der Waals surface area contributed by atoms with Crippen LogP contribution in [0.2, 0.25) is 0 Å². The molecule has 0 aliphatic heterocycles. The molecule has 0 radical (unpaired) electrons. The molecule has 18 heavy (non-hydrogen) atoms. The lowest BCUT2D eigenvalue weighted by Gasteiger charge is -2.05. The number of thiophene rings is 1. The van der Waals surface area contributed by atoms with Crippen LogP contribution < -0.4 is 5.73 Å². The minimum absolute atomic E-state index is 0.518. The molecule has 1 aromatic carbocycles. The molecule has 2 heterocycles. The zero-order valence-electron chi connectivity index (χ0n) is 9.64. The Labute approximate surface area is 117 Å². The molecule has 2 N–H and O–H groups in total. The number of aromatic nitrogens is 2. The second kappa shape index (κ2) is 4.33. The van der Waals surface area contributed by atoms with E-state index in [2.05, 4.69) is 38.9 Å². The summed E-state index contributed by atoms with van der Waals surface area (Å²) in [4.78, 5) is 10.1. The number of hydrogen-bond donors (Lipinski definition) is 1. The normalized spacial score (nSPS) is 11.0. The van der Waals surface area contributed by atoms with Crippen molar-refractivity contribution in [3.8, 4) is 10.7 Å². The number of nitrogens with zero attached hydrogens (tertiary/aromatic N) is 2. The molecule has 0 unspecified atom stereocenters. The second-order valence-corrected chi connectivity index (χ2v) is 5.86. The van der Waals surface area contributed by atoms with Crippen LogP contribution in [0.5, 0.6) is 0 Å². The van der Waals surface area contributed by atoms with Crippen LogP contribution in [0.25, 0.3) is 21.6 Å². The Morgan fingerprint density at radius 1 is 1.22 bits per heavy atom. The van der Waals surface area contributed by atoms with E-state index < -0.39 is 0 Å². The van der Waals surface area contributed by atoms with E-state index in [1.165, 1.54) is 5.56 Å². The maximum Gasteiger partial charge on any atom is 0.172 e. The monoisotopic (exact) mass is 319 g/mol. The fraction of sp³-hybridized carbons (Fsp3) is 0.0769. The van der Waals surface area contributed by atoms with Gasteiger partial charge in [-0.15, -0.1) is 11.3 Å². The number of nitrogen functional groups attached to an aromatic ring is 1. The van der Waals surface area contributed by atoms with Crippen LogP contribution in [0, 0.1) is 6.92 Å². The molecule has 0 atom stereocenters. The van der Waals surface area contributed by atoms with Crippen molar-refractivity contribution in [1.29, 1.82) is 0 Å². The van der Waals surface area contributed by atoms with Gasteiger partial charge in [0.2, 0.25) is 0 Å². The third-order valence-corrected chi connectivity index (χ3v) is 4.26. The van der Waals surface area contributed by atoms with Gasteiger partial charge in [0.25, 0.3) is 0 Å². The van der Waals surface area contributed by atoms with Gasteiger partial charge in [-0.2, -0.15) is 0 Å². The second-order valence-electron chi connectivity index (χ2n) is 4.03. The molecule has 0 aliphatic rings. The average Bonchev–Trinajstić information content (AvgIpc) is 2.76. The van der Waals surface area contributed by atoms with Gasteiger partial charge in [-0.05, 0) is 42.1 Å². The summed E-state index contributed by atoms with van der Waals surface area (Å²) < 4.78 is 0.977.